The van der Waals surface area contributed by atoms with Gasteiger partial charge in [0, 0.05) is 9.92 Å². The van der Waals surface area contributed by atoms with Gasteiger partial charge in [0.25, 0.3) is 0 Å². The van der Waals surface area contributed by atoms with Gasteiger partial charge in [0.15, 0.2) is 0 Å². The molecule has 0 unspecified atom stereocenters. The Balaban J connectivity index is 1.86. The highest BCUT2D eigenvalue weighted by Gasteiger charge is 2.22. The van der Waals surface area contributed by atoms with Crippen molar-refractivity contribution in [2.45, 2.75) is 4.90 Å². The first-order valence-electron chi connectivity index (χ1n) is 8.27. The molecule has 0 fully saturated rings. The fraction of sp³-hybridized carbons (Fsp3) is 0.0435. The molecule has 25 heavy (non-hydrogen) atoms. The van der Waals surface area contributed by atoms with Gasteiger partial charge in [-0.3, -0.25) is 0 Å². The maximum Gasteiger partial charge on any atom is 0.0417 e. The zero-order valence-electron chi connectivity index (χ0n) is 13.7. The van der Waals surface area contributed by atoms with Crippen molar-refractivity contribution >= 4 is 34.1 Å². The second-order valence-electron chi connectivity index (χ2n) is 6.28. The summed E-state index contributed by atoms with van der Waals surface area (Å²) >= 11 is 7.95. The van der Waals surface area contributed by atoms with Gasteiger partial charge < -0.3 is 0 Å². The highest BCUT2D eigenvalue weighted by atomic mass is 35.5. The van der Waals surface area contributed by atoms with Crippen LogP contribution < -0.4 is 0 Å². The molecule has 0 saturated carbocycles. The lowest BCUT2D eigenvalue weighted by Gasteiger charge is -2.13. The lowest BCUT2D eigenvalue weighted by molar-refractivity contribution is 1.46. The van der Waals surface area contributed by atoms with Crippen LogP contribution in [0.2, 0.25) is 5.02 Å². The number of halogens is 1. The SMILES string of the molecule is CSc1cc(Cl)ccc1-c1ccc2c3c(cccc13)-c1ccccc1-2. The van der Waals surface area contributed by atoms with Crippen LogP contribution in [-0.2, 0) is 0 Å². The number of benzene rings is 4. The molecular formula is C23H15ClS. The highest BCUT2D eigenvalue weighted by molar-refractivity contribution is 7.98. The van der Waals surface area contributed by atoms with E-state index in [-0.39, 0.29) is 0 Å². The van der Waals surface area contributed by atoms with Crippen molar-refractivity contribution in [2.24, 2.45) is 0 Å². The Bertz CT molecular complexity index is 1110. The van der Waals surface area contributed by atoms with Crippen LogP contribution in [-0.4, -0.2) is 6.26 Å². The molecule has 0 radical (unpaired) electrons. The lowest BCUT2D eigenvalue weighted by Crippen LogP contribution is -1.86. The first-order chi connectivity index (χ1) is 12.3. The summed E-state index contributed by atoms with van der Waals surface area (Å²) in [4.78, 5) is 1.21. The molecular weight excluding hydrogens is 344 g/mol. The average molecular weight is 359 g/mol. The molecule has 0 N–H and O–H groups in total. The summed E-state index contributed by atoms with van der Waals surface area (Å²) in [6, 6.07) is 26.0. The van der Waals surface area contributed by atoms with Gasteiger partial charge in [-0.25, -0.2) is 0 Å². The maximum absolute atomic E-state index is 6.21. The summed E-state index contributed by atoms with van der Waals surface area (Å²) in [5, 5.41) is 3.46. The fourth-order valence-corrected chi connectivity index (χ4v) is 4.81. The smallest absolute Gasteiger partial charge is 0.0417 e. The van der Waals surface area contributed by atoms with Gasteiger partial charge in [-0.05, 0) is 62.5 Å². The number of rotatable bonds is 2. The minimum Gasteiger partial charge on any atom is -0.129 e. The molecule has 0 aliphatic heterocycles. The second kappa shape index (κ2) is 5.66. The fourth-order valence-electron chi connectivity index (χ4n) is 3.93. The number of fused-ring (bicyclic) bond motifs is 3. The first kappa shape index (κ1) is 15.1. The second-order valence-corrected chi connectivity index (χ2v) is 7.56. The molecule has 120 valence electrons. The topological polar surface area (TPSA) is 0 Å². The molecule has 0 spiro atoms. The number of thioether (sulfide) groups is 1. The zero-order valence-corrected chi connectivity index (χ0v) is 15.3. The van der Waals surface area contributed by atoms with Crippen molar-refractivity contribution in [3.8, 4) is 33.4 Å². The molecule has 4 aromatic rings. The van der Waals surface area contributed by atoms with Crippen LogP contribution in [0.25, 0.3) is 44.2 Å². The molecule has 0 nitrogen and oxygen atoms in total. The van der Waals surface area contributed by atoms with Crippen LogP contribution in [0, 0.1) is 0 Å². The summed E-state index contributed by atoms with van der Waals surface area (Å²) in [5.74, 6) is 0. The largest absolute Gasteiger partial charge is 0.129 e. The summed E-state index contributed by atoms with van der Waals surface area (Å²) in [7, 11) is 0. The van der Waals surface area contributed by atoms with E-state index in [9.17, 15) is 0 Å². The third kappa shape index (κ3) is 2.16. The average Bonchev–Trinajstić information content (AvgIpc) is 2.98. The molecule has 0 bridgehead atoms. The molecule has 0 atom stereocenters. The molecule has 5 rings (SSSR count). The lowest BCUT2D eigenvalue weighted by atomic mass is 9.94. The van der Waals surface area contributed by atoms with Gasteiger partial charge in [0.1, 0.15) is 0 Å². The zero-order chi connectivity index (χ0) is 17.0. The Morgan fingerprint density at radius 2 is 1.28 bits per heavy atom. The molecule has 1 aliphatic carbocycles. The quantitative estimate of drug-likeness (QED) is 0.294. The maximum atomic E-state index is 6.21. The van der Waals surface area contributed by atoms with Gasteiger partial charge in [0.05, 0.1) is 0 Å². The minimum atomic E-state index is 0.784. The normalized spacial score (nSPS) is 11.8. The van der Waals surface area contributed by atoms with Crippen LogP contribution >= 0.6 is 23.4 Å². The molecule has 1 aliphatic rings. The summed E-state index contributed by atoms with van der Waals surface area (Å²) < 4.78 is 0. The van der Waals surface area contributed by atoms with Crippen LogP contribution in [0.3, 0.4) is 0 Å². The predicted octanol–water partition coefficient (Wildman–Crippen LogP) is 7.53. The molecule has 0 heterocycles. The Hall–Kier alpha value is -2.22. The van der Waals surface area contributed by atoms with Gasteiger partial charge in [-0.2, -0.15) is 0 Å². The third-order valence-electron chi connectivity index (χ3n) is 5.00. The van der Waals surface area contributed by atoms with E-state index in [2.05, 4.69) is 73.0 Å². The Morgan fingerprint density at radius 3 is 2.04 bits per heavy atom. The van der Waals surface area contributed by atoms with Crippen molar-refractivity contribution in [1.82, 2.24) is 0 Å². The molecule has 0 aromatic heterocycles. The van der Waals surface area contributed by atoms with E-state index in [1.807, 2.05) is 6.07 Å². The predicted molar refractivity (Wildman–Crippen MR) is 111 cm³/mol. The van der Waals surface area contributed by atoms with E-state index < -0.39 is 0 Å². The van der Waals surface area contributed by atoms with Gasteiger partial charge >= 0.3 is 0 Å². The highest BCUT2D eigenvalue weighted by Crippen LogP contribution is 2.49. The van der Waals surface area contributed by atoms with Crippen LogP contribution in [0.1, 0.15) is 0 Å². The van der Waals surface area contributed by atoms with Crippen molar-refractivity contribution in [3.63, 3.8) is 0 Å². The van der Waals surface area contributed by atoms with Crippen molar-refractivity contribution in [3.05, 3.63) is 77.8 Å². The van der Waals surface area contributed by atoms with Gasteiger partial charge in [-0.1, -0.05) is 72.3 Å². The van der Waals surface area contributed by atoms with E-state index in [0.29, 0.717) is 0 Å². The monoisotopic (exact) mass is 358 g/mol. The van der Waals surface area contributed by atoms with Gasteiger partial charge in [0.2, 0.25) is 0 Å². The van der Waals surface area contributed by atoms with Crippen LogP contribution in [0.5, 0.6) is 0 Å². The van der Waals surface area contributed by atoms with Crippen LogP contribution in [0.15, 0.2) is 77.7 Å². The van der Waals surface area contributed by atoms with E-state index >= 15 is 0 Å². The molecule has 0 amide bonds. The Kier molecular flexibility index (Phi) is 3.41. The van der Waals surface area contributed by atoms with E-state index in [0.717, 1.165) is 5.02 Å². The van der Waals surface area contributed by atoms with Crippen molar-refractivity contribution in [2.75, 3.05) is 6.26 Å². The summed E-state index contributed by atoms with van der Waals surface area (Å²) in [6.07, 6.45) is 2.10. The van der Waals surface area contributed by atoms with E-state index in [1.165, 1.54) is 49.0 Å². The summed E-state index contributed by atoms with van der Waals surface area (Å²) in [5.41, 5.74) is 7.86. The molecule has 4 aromatic carbocycles. The third-order valence-corrected chi connectivity index (χ3v) is 6.01. The van der Waals surface area contributed by atoms with Crippen molar-refractivity contribution < 1.29 is 0 Å². The molecule has 2 heteroatoms. The molecule has 0 saturated heterocycles. The number of hydrogen-bond acceptors (Lipinski definition) is 1. The van der Waals surface area contributed by atoms with E-state index in [1.54, 1.807) is 11.8 Å². The Labute approximate surface area is 156 Å². The summed E-state index contributed by atoms with van der Waals surface area (Å²) in [6.45, 7) is 0. The standard InChI is InChI=1S/C23H15ClS/c1-25-22-13-14(24)9-10-18(22)17-11-12-21-16-6-3-2-5-15(16)19-7-4-8-20(17)23(19)21/h2-13H,1H3. The van der Waals surface area contributed by atoms with Crippen molar-refractivity contribution in [1.29, 1.82) is 0 Å². The van der Waals surface area contributed by atoms with E-state index in [4.69, 9.17) is 11.6 Å². The first-order valence-corrected chi connectivity index (χ1v) is 9.87. The minimum absolute atomic E-state index is 0.784. The number of hydrogen-bond donors (Lipinski definition) is 0. The van der Waals surface area contributed by atoms with Crippen LogP contribution in [0.4, 0.5) is 0 Å². The Morgan fingerprint density at radius 1 is 0.640 bits per heavy atom. The van der Waals surface area contributed by atoms with Gasteiger partial charge in [-0.15, -0.1) is 11.8 Å².